The van der Waals surface area contributed by atoms with Crippen molar-refractivity contribution in [2.24, 2.45) is 16.9 Å². The Kier molecular flexibility index (Phi) is 2.67. The van der Waals surface area contributed by atoms with E-state index >= 15 is 0 Å². The van der Waals surface area contributed by atoms with Crippen LogP contribution < -0.4 is 5.43 Å². The standard InChI is InChI=1S/C11H18N2/c1-9-3-2-4-10-7-12-13-8-11(10)6-5-9/h7-9,11-12H,2-6H2,1H3. The first-order chi connectivity index (χ1) is 6.36. The Morgan fingerprint density at radius 3 is 3.23 bits per heavy atom. The third-order valence-corrected chi connectivity index (χ3v) is 3.19. The van der Waals surface area contributed by atoms with Gasteiger partial charge in [0.15, 0.2) is 0 Å². The first-order valence-electron chi connectivity index (χ1n) is 5.34. The third kappa shape index (κ3) is 2.11. The molecule has 0 aromatic heterocycles. The number of allylic oxidation sites excluding steroid dienone is 1. The average Bonchev–Trinajstić information content (AvgIpc) is 2.13. The zero-order valence-corrected chi connectivity index (χ0v) is 8.29. The van der Waals surface area contributed by atoms with Gasteiger partial charge in [-0.3, -0.25) is 5.43 Å². The first kappa shape index (κ1) is 8.79. The molecular formula is C11H18N2. The van der Waals surface area contributed by atoms with Crippen LogP contribution in [0.2, 0.25) is 0 Å². The summed E-state index contributed by atoms with van der Waals surface area (Å²) in [4.78, 5) is 0. The van der Waals surface area contributed by atoms with Crippen molar-refractivity contribution in [1.29, 1.82) is 0 Å². The lowest BCUT2D eigenvalue weighted by Gasteiger charge is -2.24. The van der Waals surface area contributed by atoms with Gasteiger partial charge in [-0.2, -0.15) is 5.10 Å². The fourth-order valence-electron chi connectivity index (χ4n) is 2.24. The van der Waals surface area contributed by atoms with Crippen molar-refractivity contribution in [2.75, 3.05) is 0 Å². The lowest BCUT2D eigenvalue weighted by Crippen LogP contribution is -2.18. The van der Waals surface area contributed by atoms with Crippen molar-refractivity contribution < 1.29 is 0 Å². The average molecular weight is 178 g/mol. The summed E-state index contributed by atoms with van der Waals surface area (Å²) in [5, 5.41) is 4.11. The summed E-state index contributed by atoms with van der Waals surface area (Å²) in [5.41, 5.74) is 4.51. The van der Waals surface area contributed by atoms with Gasteiger partial charge in [0.2, 0.25) is 0 Å². The second-order valence-electron chi connectivity index (χ2n) is 4.31. The molecule has 72 valence electrons. The number of hydrogen-bond acceptors (Lipinski definition) is 2. The second-order valence-corrected chi connectivity index (χ2v) is 4.31. The van der Waals surface area contributed by atoms with Crippen molar-refractivity contribution in [3.8, 4) is 0 Å². The maximum Gasteiger partial charge on any atom is 0.0318 e. The highest BCUT2D eigenvalue weighted by atomic mass is 15.3. The molecule has 1 N–H and O–H groups in total. The molecule has 0 aromatic rings. The van der Waals surface area contributed by atoms with E-state index in [-0.39, 0.29) is 0 Å². The van der Waals surface area contributed by atoms with Gasteiger partial charge in [0.05, 0.1) is 0 Å². The zero-order chi connectivity index (χ0) is 9.10. The van der Waals surface area contributed by atoms with E-state index in [1.165, 1.54) is 32.1 Å². The summed E-state index contributed by atoms with van der Waals surface area (Å²) < 4.78 is 0. The van der Waals surface area contributed by atoms with Gasteiger partial charge in [0.1, 0.15) is 0 Å². The fraction of sp³-hybridized carbons (Fsp3) is 0.727. The molecule has 1 heterocycles. The molecular weight excluding hydrogens is 160 g/mol. The second kappa shape index (κ2) is 3.95. The van der Waals surface area contributed by atoms with Crippen molar-refractivity contribution >= 4 is 6.21 Å². The number of rotatable bonds is 0. The van der Waals surface area contributed by atoms with Crippen LogP contribution in [0.25, 0.3) is 0 Å². The van der Waals surface area contributed by atoms with Crippen LogP contribution in [0.15, 0.2) is 16.9 Å². The summed E-state index contributed by atoms with van der Waals surface area (Å²) >= 11 is 0. The number of nitrogens with one attached hydrogen (secondary N) is 1. The predicted molar refractivity (Wildman–Crippen MR) is 55.4 cm³/mol. The lowest BCUT2D eigenvalue weighted by molar-refractivity contribution is 0.414. The van der Waals surface area contributed by atoms with Crippen molar-refractivity contribution in [3.63, 3.8) is 0 Å². The molecule has 0 amide bonds. The molecule has 2 unspecified atom stereocenters. The van der Waals surface area contributed by atoms with E-state index in [9.17, 15) is 0 Å². The van der Waals surface area contributed by atoms with Crippen LogP contribution in [0.1, 0.15) is 39.0 Å². The molecule has 0 radical (unpaired) electrons. The molecule has 0 saturated heterocycles. The molecule has 0 aromatic carbocycles. The topological polar surface area (TPSA) is 24.4 Å². The fourth-order valence-corrected chi connectivity index (χ4v) is 2.24. The Hall–Kier alpha value is -0.790. The summed E-state index contributed by atoms with van der Waals surface area (Å²) in [7, 11) is 0. The highest BCUT2D eigenvalue weighted by Gasteiger charge is 2.18. The SMILES string of the molecule is CC1CCCC2=CNN=CC2CC1. The molecule has 0 spiro atoms. The summed E-state index contributed by atoms with van der Waals surface area (Å²) in [6.45, 7) is 2.37. The van der Waals surface area contributed by atoms with Crippen LogP contribution in [0.3, 0.4) is 0 Å². The number of fused-ring (bicyclic) bond motifs is 1. The molecule has 2 rings (SSSR count). The highest BCUT2D eigenvalue weighted by Crippen LogP contribution is 2.29. The van der Waals surface area contributed by atoms with Crippen LogP contribution in [-0.4, -0.2) is 6.21 Å². The van der Waals surface area contributed by atoms with Crippen molar-refractivity contribution in [3.05, 3.63) is 11.8 Å². The zero-order valence-electron chi connectivity index (χ0n) is 8.29. The minimum Gasteiger partial charge on any atom is -0.286 e. The Morgan fingerprint density at radius 2 is 2.31 bits per heavy atom. The van der Waals surface area contributed by atoms with Gasteiger partial charge in [-0.1, -0.05) is 13.3 Å². The Bertz CT molecular complexity index is 230. The molecule has 2 nitrogen and oxygen atoms in total. The minimum absolute atomic E-state index is 0.629. The van der Waals surface area contributed by atoms with Gasteiger partial charge in [-0.15, -0.1) is 0 Å². The van der Waals surface area contributed by atoms with Crippen molar-refractivity contribution in [1.82, 2.24) is 5.43 Å². The predicted octanol–water partition coefficient (Wildman–Crippen LogP) is 2.68. The smallest absolute Gasteiger partial charge is 0.0318 e. The Balaban J connectivity index is 2.02. The largest absolute Gasteiger partial charge is 0.286 e. The minimum atomic E-state index is 0.629. The molecule has 0 bridgehead atoms. The number of nitrogens with zero attached hydrogens (tertiary/aromatic N) is 1. The van der Waals surface area contributed by atoms with E-state index < -0.39 is 0 Å². The van der Waals surface area contributed by atoms with E-state index in [0.717, 1.165) is 5.92 Å². The molecule has 2 heteroatoms. The molecule has 2 aliphatic rings. The quantitative estimate of drug-likeness (QED) is 0.606. The molecule has 13 heavy (non-hydrogen) atoms. The van der Waals surface area contributed by atoms with Crippen LogP contribution >= 0.6 is 0 Å². The molecule has 1 fully saturated rings. The van der Waals surface area contributed by atoms with Crippen molar-refractivity contribution in [2.45, 2.75) is 39.0 Å². The Morgan fingerprint density at radius 1 is 1.38 bits per heavy atom. The van der Waals surface area contributed by atoms with Crippen LogP contribution in [0, 0.1) is 11.8 Å². The van der Waals surface area contributed by atoms with E-state index in [2.05, 4.69) is 29.9 Å². The lowest BCUT2D eigenvalue weighted by atomic mass is 9.83. The number of hydrazone groups is 1. The third-order valence-electron chi connectivity index (χ3n) is 3.19. The van der Waals surface area contributed by atoms with E-state index in [0.29, 0.717) is 5.92 Å². The van der Waals surface area contributed by atoms with Gasteiger partial charge in [-0.05, 0) is 37.2 Å². The van der Waals surface area contributed by atoms with Crippen LogP contribution in [-0.2, 0) is 0 Å². The van der Waals surface area contributed by atoms with Gasteiger partial charge in [0.25, 0.3) is 0 Å². The van der Waals surface area contributed by atoms with E-state index in [1.54, 1.807) is 5.57 Å². The first-order valence-corrected chi connectivity index (χ1v) is 5.34. The summed E-state index contributed by atoms with van der Waals surface area (Å²) in [6.07, 6.45) is 10.8. The van der Waals surface area contributed by atoms with E-state index in [1.807, 2.05) is 0 Å². The monoisotopic (exact) mass is 178 g/mol. The highest BCUT2D eigenvalue weighted by molar-refractivity contribution is 5.66. The molecule has 1 aliphatic carbocycles. The number of hydrogen-bond donors (Lipinski definition) is 1. The molecule has 1 saturated carbocycles. The summed E-state index contributed by atoms with van der Waals surface area (Å²) in [6, 6.07) is 0. The van der Waals surface area contributed by atoms with Crippen LogP contribution in [0.5, 0.6) is 0 Å². The van der Waals surface area contributed by atoms with Gasteiger partial charge in [0, 0.05) is 18.3 Å². The molecule has 1 aliphatic heterocycles. The van der Waals surface area contributed by atoms with Gasteiger partial charge >= 0.3 is 0 Å². The maximum absolute atomic E-state index is 4.11. The normalized spacial score (nSPS) is 33.8. The van der Waals surface area contributed by atoms with Crippen LogP contribution in [0.4, 0.5) is 0 Å². The summed E-state index contributed by atoms with van der Waals surface area (Å²) in [5.74, 6) is 1.54. The van der Waals surface area contributed by atoms with E-state index in [4.69, 9.17) is 0 Å². The maximum atomic E-state index is 4.11. The van der Waals surface area contributed by atoms with Gasteiger partial charge < -0.3 is 0 Å². The molecule has 2 atom stereocenters. The van der Waals surface area contributed by atoms with Gasteiger partial charge in [-0.25, -0.2) is 0 Å². The Labute approximate surface area is 80.1 Å².